The second-order valence-electron chi connectivity index (χ2n) is 6.92. The van der Waals surface area contributed by atoms with E-state index in [9.17, 15) is 14.7 Å². The molecule has 5 heteroatoms. The van der Waals surface area contributed by atoms with Gasteiger partial charge in [0.25, 0.3) is 0 Å². The molecule has 2 aliphatic rings. The summed E-state index contributed by atoms with van der Waals surface area (Å²) in [5.41, 5.74) is 0. The third-order valence-electron chi connectivity index (χ3n) is 4.45. The second-order valence-corrected chi connectivity index (χ2v) is 6.92. The van der Waals surface area contributed by atoms with Gasteiger partial charge in [0.15, 0.2) is 0 Å². The van der Waals surface area contributed by atoms with Gasteiger partial charge in [-0.1, -0.05) is 33.1 Å². The van der Waals surface area contributed by atoms with E-state index in [0.29, 0.717) is 18.4 Å². The zero-order valence-electron chi connectivity index (χ0n) is 13.2. The molecule has 2 fully saturated rings. The molecule has 120 valence electrons. The number of aliphatic carboxylic acids is 1. The van der Waals surface area contributed by atoms with Crippen molar-refractivity contribution >= 4 is 12.0 Å². The summed E-state index contributed by atoms with van der Waals surface area (Å²) < 4.78 is 0. The minimum atomic E-state index is -0.774. The van der Waals surface area contributed by atoms with Crippen LogP contribution in [0.5, 0.6) is 0 Å². The first kappa shape index (κ1) is 16.1. The fourth-order valence-electron chi connectivity index (χ4n) is 3.19. The first-order valence-corrected chi connectivity index (χ1v) is 8.29. The standard InChI is InChI=1S/C16H28N2O3/c1-11(2)10-18(12-8-9-12)16(21)17-14-7-5-3-4-6-13(14)15(19)20/h11-14H,3-10H2,1-2H3,(H,17,21)(H,19,20). The lowest BCUT2D eigenvalue weighted by molar-refractivity contribution is -0.142. The Hall–Kier alpha value is -1.26. The Balaban J connectivity index is 1.99. The quantitative estimate of drug-likeness (QED) is 0.766. The zero-order chi connectivity index (χ0) is 15.4. The minimum Gasteiger partial charge on any atom is -0.481 e. The van der Waals surface area contributed by atoms with Gasteiger partial charge in [0.05, 0.1) is 5.92 Å². The van der Waals surface area contributed by atoms with E-state index in [2.05, 4.69) is 19.2 Å². The summed E-state index contributed by atoms with van der Waals surface area (Å²) in [6.45, 7) is 4.96. The van der Waals surface area contributed by atoms with Crippen molar-refractivity contribution < 1.29 is 14.7 Å². The lowest BCUT2D eigenvalue weighted by Gasteiger charge is -2.29. The summed E-state index contributed by atoms with van der Waals surface area (Å²) in [7, 11) is 0. The van der Waals surface area contributed by atoms with Crippen molar-refractivity contribution in [2.45, 2.75) is 70.9 Å². The predicted octanol–water partition coefficient (Wildman–Crippen LogP) is 2.85. The van der Waals surface area contributed by atoms with Crippen LogP contribution >= 0.6 is 0 Å². The Morgan fingerprint density at radius 2 is 1.81 bits per heavy atom. The molecule has 0 saturated heterocycles. The van der Waals surface area contributed by atoms with Crippen molar-refractivity contribution in [1.29, 1.82) is 0 Å². The molecule has 0 heterocycles. The molecular formula is C16H28N2O3. The summed E-state index contributed by atoms with van der Waals surface area (Å²) in [5.74, 6) is -0.777. The molecule has 0 aliphatic heterocycles. The average molecular weight is 296 g/mol. The number of carboxylic acid groups (broad SMARTS) is 1. The van der Waals surface area contributed by atoms with Crippen molar-refractivity contribution in [3.8, 4) is 0 Å². The molecule has 2 atom stereocenters. The number of carbonyl (C=O) groups excluding carboxylic acids is 1. The molecule has 0 spiro atoms. The maximum atomic E-state index is 12.5. The fourth-order valence-corrected chi connectivity index (χ4v) is 3.19. The van der Waals surface area contributed by atoms with E-state index in [1.165, 1.54) is 0 Å². The summed E-state index contributed by atoms with van der Waals surface area (Å²) >= 11 is 0. The highest BCUT2D eigenvalue weighted by Crippen LogP contribution is 2.29. The third kappa shape index (κ3) is 4.61. The number of hydrogen-bond acceptors (Lipinski definition) is 2. The van der Waals surface area contributed by atoms with Gasteiger partial charge in [0, 0.05) is 18.6 Å². The summed E-state index contributed by atoms with van der Waals surface area (Å²) in [6, 6.07) is 0.0803. The van der Waals surface area contributed by atoms with Crippen molar-refractivity contribution in [1.82, 2.24) is 10.2 Å². The number of carbonyl (C=O) groups is 2. The van der Waals surface area contributed by atoms with Crippen LogP contribution in [0.15, 0.2) is 0 Å². The summed E-state index contributed by atoms with van der Waals surface area (Å²) in [4.78, 5) is 25.9. The fraction of sp³-hybridized carbons (Fsp3) is 0.875. The van der Waals surface area contributed by atoms with Gasteiger partial charge in [0.2, 0.25) is 0 Å². The number of urea groups is 1. The van der Waals surface area contributed by atoms with Crippen LogP contribution < -0.4 is 5.32 Å². The molecule has 0 aromatic carbocycles. The molecule has 2 aliphatic carbocycles. The summed E-state index contributed by atoms with van der Waals surface area (Å²) in [6.07, 6.45) is 6.62. The molecule has 0 aromatic rings. The maximum Gasteiger partial charge on any atom is 0.317 e. The number of amides is 2. The molecule has 0 aromatic heterocycles. The van der Waals surface area contributed by atoms with Crippen LogP contribution in [0.3, 0.4) is 0 Å². The van der Waals surface area contributed by atoms with E-state index in [-0.39, 0.29) is 12.1 Å². The zero-order valence-corrected chi connectivity index (χ0v) is 13.2. The van der Waals surface area contributed by atoms with E-state index < -0.39 is 11.9 Å². The molecule has 2 rings (SSSR count). The van der Waals surface area contributed by atoms with E-state index in [1.807, 2.05) is 4.90 Å². The van der Waals surface area contributed by atoms with Gasteiger partial charge < -0.3 is 15.3 Å². The van der Waals surface area contributed by atoms with Gasteiger partial charge in [-0.3, -0.25) is 4.79 Å². The Morgan fingerprint density at radius 1 is 1.14 bits per heavy atom. The van der Waals surface area contributed by atoms with Crippen LogP contribution in [0.2, 0.25) is 0 Å². The largest absolute Gasteiger partial charge is 0.481 e. The van der Waals surface area contributed by atoms with Gasteiger partial charge in [-0.2, -0.15) is 0 Å². The smallest absolute Gasteiger partial charge is 0.317 e. The molecule has 2 N–H and O–H groups in total. The first-order valence-electron chi connectivity index (χ1n) is 8.29. The van der Waals surface area contributed by atoms with Gasteiger partial charge >= 0.3 is 12.0 Å². The lowest BCUT2D eigenvalue weighted by Crippen LogP contribution is -2.50. The monoisotopic (exact) mass is 296 g/mol. The Labute approximate surface area is 127 Å². The Bertz CT molecular complexity index is 380. The third-order valence-corrected chi connectivity index (χ3v) is 4.45. The molecule has 0 bridgehead atoms. The SMILES string of the molecule is CC(C)CN(C(=O)NC1CCCCCC1C(=O)O)C1CC1. The number of nitrogens with one attached hydrogen (secondary N) is 1. The van der Waals surface area contributed by atoms with Gasteiger partial charge in [0.1, 0.15) is 0 Å². The van der Waals surface area contributed by atoms with E-state index in [1.54, 1.807) is 0 Å². The Kier molecular flexibility index (Phi) is 5.48. The highest BCUT2D eigenvalue weighted by Gasteiger charge is 2.36. The van der Waals surface area contributed by atoms with Crippen molar-refractivity contribution in [3.05, 3.63) is 0 Å². The minimum absolute atomic E-state index is 0.0654. The normalized spacial score (nSPS) is 26.2. The van der Waals surface area contributed by atoms with Crippen molar-refractivity contribution in [2.24, 2.45) is 11.8 Å². The van der Waals surface area contributed by atoms with Crippen LogP contribution in [-0.4, -0.2) is 40.6 Å². The van der Waals surface area contributed by atoms with E-state index >= 15 is 0 Å². The van der Waals surface area contributed by atoms with Crippen LogP contribution in [0.1, 0.15) is 58.8 Å². The highest BCUT2D eigenvalue weighted by atomic mass is 16.4. The van der Waals surface area contributed by atoms with E-state index in [4.69, 9.17) is 0 Å². The highest BCUT2D eigenvalue weighted by molar-refractivity contribution is 5.77. The molecule has 21 heavy (non-hydrogen) atoms. The molecule has 5 nitrogen and oxygen atoms in total. The lowest BCUT2D eigenvalue weighted by atomic mass is 9.95. The van der Waals surface area contributed by atoms with Crippen LogP contribution in [0.25, 0.3) is 0 Å². The number of hydrogen-bond donors (Lipinski definition) is 2. The molecule has 2 unspecified atom stereocenters. The number of nitrogens with zero attached hydrogens (tertiary/aromatic N) is 1. The molecule has 2 saturated carbocycles. The maximum absolute atomic E-state index is 12.5. The summed E-state index contributed by atoms with van der Waals surface area (Å²) in [5, 5.41) is 12.4. The predicted molar refractivity (Wildman–Crippen MR) is 81.1 cm³/mol. The van der Waals surface area contributed by atoms with Crippen LogP contribution in [-0.2, 0) is 4.79 Å². The van der Waals surface area contributed by atoms with Gasteiger partial charge in [-0.25, -0.2) is 4.79 Å². The number of carboxylic acids is 1. The molecule has 2 amide bonds. The second kappa shape index (κ2) is 7.14. The topological polar surface area (TPSA) is 69.6 Å². The Morgan fingerprint density at radius 3 is 2.38 bits per heavy atom. The van der Waals surface area contributed by atoms with Gasteiger partial charge in [-0.15, -0.1) is 0 Å². The first-order chi connectivity index (χ1) is 9.99. The van der Waals surface area contributed by atoms with Crippen LogP contribution in [0.4, 0.5) is 4.79 Å². The molecular weight excluding hydrogens is 268 g/mol. The van der Waals surface area contributed by atoms with E-state index in [0.717, 1.165) is 45.1 Å². The van der Waals surface area contributed by atoms with Crippen molar-refractivity contribution in [2.75, 3.05) is 6.54 Å². The van der Waals surface area contributed by atoms with Crippen LogP contribution in [0, 0.1) is 11.8 Å². The number of rotatable bonds is 5. The molecule has 0 radical (unpaired) electrons. The average Bonchev–Trinajstić information content (AvgIpc) is 3.22. The van der Waals surface area contributed by atoms with Crippen molar-refractivity contribution in [3.63, 3.8) is 0 Å². The van der Waals surface area contributed by atoms with Gasteiger partial charge in [-0.05, 0) is 31.6 Å².